The minimum absolute atomic E-state index is 0.409. The van der Waals surface area contributed by atoms with Crippen LogP contribution in [-0.2, 0) is 0 Å². The molecule has 0 saturated carbocycles. The van der Waals surface area contributed by atoms with Crippen LogP contribution in [0.1, 0.15) is 23.6 Å². The van der Waals surface area contributed by atoms with Crippen LogP contribution in [0.2, 0.25) is 0 Å². The van der Waals surface area contributed by atoms with Crippen molar-refractivity contribution in [2.24, 2.45) is 0 Å². The Balaban J connectivity index is 3.40. The van der Waals surface area contributed by atoms with Crippen molar-refractivity contribution in [3.8, 4) is 12.1 Å². The number of benzene rings is 1. The van der Waals surface area contributed by atoms with Gasteiger partial charge in [-0.15, -0.1) is 6.58 Å². The van der Waals surface area contributed by atoms with Gasteiger partial charge in [0.1, 0.15) is 12.1 Å². The van der Waals surface area contributed by atoms with Crippen LogP contribution >= 0.6 is 0 Å². The number of nitriles is 2. The van der Waals surface area contributed by atoms with Crippen LogP contribution in [-0.4, -0.2) is 0 Å². The van der Waals surface area contributed by atoms with E-state index in [1.165, 1.54) is 0 Å². The molecule has 0 aromatic heterocycles. The number of hydrogen-bond acceptors (Lipinski definition) is 2. The minimum atomic E-state index is 0.409. The second kappa shape index (κ2) is 4.25. The van der Waals surface area contributed by atoms with E-state index in [1.54, 1.807) is 18.2 Å². The Kier molecular flexibility index (Phi) is 3.05. The first-order valence-corrected chi connectivity index (χ1v) is 4.14. The highest BCUT2D eigenvalue weighted by Gasteiger charge is 2.11. The van der Waals surface area contributed by atoms with E-state index in [-0.39, 0.29) is 0 Å². The third kappa shape index (κ3) is 1.65. The standard InChI is InChI=1S/C12H9N2/c1-3-9(2)11-6-4-5-10(7-13)12(11)8-14/h3-6H,1H2,2H3. The zero-order valence-corrected chi connectivity index (χ0v) is 7.91. The molecular weight excluding hydrogens is 172 g/mol. The molecule has 0 aliphatic heterocycles. The highest BCUT2D eigenvalue weighted by Crippen LogP contribution is 2.21. The summed E-state index contributed by atoms with van der Waals surface area (Å²) in [6, 6.07) is 9.25. The zero-order chi connectivity index (χ0) is 10.6. The summed E-state index contributed by atoms with van der Waals surface area (Å²) in [7, 11) is 0. The molecule has 0 unspecified atom stereocenters. The molecule has 0 spiro atoms. The lowest BCUT2D eigenvalue weighted by molar-refractivity contribution is 1.23. The van der Waals surface area contributed by atoms with Gasteiger partial charge in [-0.2, -0.15) is 10.5 Å². The smallest absolute Gasteiger partial charge is 0.101 e. The number of hydrogen-bond donors (Lipinski definition) is 0. The van der Waals surface area contributed by atoms with Crippen molar-refractivity contribution in [3.63, 3.8) is 0 Å². The van der Waals surface area contributed by atoms with Crippen molar-refractivity contribution in [3.05, 3.63) is 53.5 Å². The largest absolute Gasteiger partial charge is 0.192 e. The molecule has 2 nitrogen and oxygen atoms in total. The summed E-state index contributed by atoms with van der Waals surface area (Å²) in [6.07, 6.45) is 1.68. The van der Waals surface area contributed by atoms with Gasteiger partial charge in [0.05, 0.1) is 11.1 Å². The Morgan fingerprint density at radius 3 is 2.57 bits per heavy atom. The highest BCUT2D eigenvalue weighted by molar-refractivity contribution is 5.56. The molecule has 14 heavy (non-hydrogen) atoms. The average Bonchev–Trinajstić information content (AvgIpc) is 2.26. The van der Waals surface area contributed by atoms with Crippen molar-refractivity contribution in [2.45, 2.75) is 6.92 Å². The lowest BCUT2D eigenvalue weighted by Crippen LogP contribution is -1.97. The maximum absolute atomic E-state index is 8.93. The van der Waals surface area contributed by atoms with Crippen LogP contribution < -0.4 is 0 Å². The Labute approximate surface area is 83.7 Å². The Morgan fingerprint density at radius 1 is 1.36 bits per heavy atom. The molecule has 0 saturated heterocycles. The predicted octanol–water partition coefficient (Wildman–Crippen LogP) is 2.56. The molecule has 1 rings (SSSR count). The fraction of sp³-hybridized carbons (Fsp3) is 0.0833. The summed E-state index contributed by atoms with van der Waals surface area (Å²) in [5.74, 6) is 0.902. The maximum atomic E-state index is 8.93. The SMILES string of the molecule is C=C[C](C)c1cccc(C#N)c1C#N. The summed E-state index contributed by atoms with van der Waals surface area (Å²) in [4.78, 5) is 0. The van der Waals surface area contributed by atoms with Gasteiger partial charge < -0.3 is 0 Å². The van der Waals surface area contributed by atoms with Crippen LogP contribution in [0.3, 0.4) is 0 Å². The third-order valence-electron chi connectivity index (χ3n) is 2.03. The molecule has 1 aromatic rings. The van der Waals surface area contributed by atoms with Crippen LogP contribution in [0.25, 0.3) is 0 Å². The first-order chi connectivity index (χ1) is 6.74. The molecule has 2 heteroatoms. The van der Waals surface area contributed by atoms with E-state index in [4.69, 9.17) is 10.5 Å². The van der Waals surface area contributed by atoms with Gasteiger partial charge in [-0.05, 0) is 11.6 Å². The third-order valence-corrected chi connectivity index (χ3v) is 2.03. The van der Waals surface area contributed by atoms with E-state index in [0.29, 0.717) is 11.1 Å². The van der Waals surface area contributed by atoms with Crippen molar-refractivity contribution >= 4 is 0 Å². The van der Waals surface area contributed by atoms with Gasteiger partial charge in [-0.3, -0.25) is 0 Å². The summed E-state index contributed by atoms with van der Waals surface area (Å²) < 4.78 is 0. The van der Waals surface area contributed by atoms with E-state index >= 15 is 0 Å². The molecule has 1 radical (unpaired) electrons. The summed E-state index contributed by atoms with van der Waals surface area (Å²) in [5, 5.41) is 17.7. The molecule has 0 aliphatic rings. The van der Waals surface area contributed by atoms with Gasteiger partial charge in [0.2, 0.25) is 0 Å². The lowest BCUT2D eigenvalue weighted by atomic mass is 9.93. The summed E-state index contributed by atoms with van der Waals surface area (Å²) >= 11 is 0. The predicted molar refractivity (Wildman–Crippen MR) is 54.1 cm³/mol. The van der Waals surface area contributed by atoms with E-state index in [2.05, 4.69) is 6.58 Å². The van der Waals surface area contributed by atoms with Crippen molar-refractivity contribution in [1.82, 2.24) is 0 Å². The molecule has 0 bridgehead atoms. The first-order valence-electron chi connectivity index (χ1n) is 4.14. The minimum Gasteiger partial charge on any atom is -0.192 e. The molecule has 1 aromatic carbocycles. The van der Waals surface area contributed by atoms with Gasteiger partial charge >= 0.3 is 0 Å². The van der Waals surface area contributed by atoms with Gasteiger partial charge in [-0.1, -0.05) is 25.1 Å². The molecule has 0 aliphatic carbocycles. The Morgan fingerprint density at radius 2 is 2.07 bits per heavy atom. The van der Waals surface area contributed by atoms with Gasteiger partial charge in [0.25, 0.3) is 0 Å². The molecule has 0 heterocycles. The van der Waals surface area contributed by atoms with Crippen LogP contribution in [0.5, 0.6) is 0 Å². The monoisotopic (exact) mass is 181 g/mol. The van der Waals surface area contributed by atoms with E-state index in [0.717, 1.165) is 11.5 Å². The molecule has 0 fully saturated rings. The topological polar surface area (TPSA) is 47.6 Å². The van der Waals surface area contributed by atoms with E-state index in [1.807, 2.05) is 25.1 Å². The van der Waals surface area contributed by atoms with Crippen molar-refractivity contribution in [1.29, 1.82) is 10.5 Å². The average molecular weight is 181 g/mol. The van der Waals surface area contributed by atoms with Gasteiger partial charge in [-0.25, -0.2) is 0 Å². The summed E-state index contributed by atoms with van der Waals surface area (Å²) in [5.41, 5.74) is 1.61. The van der Waals surface area contributed by atoms with Crippen molar-refractivity contribution in [2.75, 3.05) is 0 Å². The van der Waals surface area contributed by atoms with Gasteiger partial charge in [0, 0.05) is 5.92 Å². The fourth-order valence-corrected chi connectivity index (χ4v) is 1.20. The number of nitrogens with zero attached hydrogens (tertiary/aromatic N) is 2. The Bertz CT molecular complexity index is 433. The normalized spacial score (nSPS) is 9.14. The fourth-order valence-electron chi connectivity index (χ4n) is 1.20. The van der Waals surface area contributed by atoms with Crippen LogP contribution in [0.4, 0.5) is 0 Å². The number of rotatable bonds is 2. The second-order valence-corrected chi connectivity index (χ2v) is 2.84. The van der Waals surface area contributed by atoms with Gasteiger partial charge in [0.15, 0.2) is 0 Å². The summed E-state index contributed by atoms with van der Waals surface area (Å²) in [6.45, 7) is 5.50. The molecule has 0 amide bonds. The van der Waals surface area contributed by atoms with Crippen LogP contribution in [0.15, 0.2) is 30.9 Å². The van der Waals surface area contributed by atoms with E-state index < -0.39 is 0 Å². The molecule has 67 valence electrons. The van der Waals surface area contributed by atoms with E-state index in [9.17, 15) is 0 Å². The second-order valence-electron chi connectivity index (χ2n) is 2.84. The number of allylic oxidation sites excluding steroid dienone is 1. The highest BCUT2D eigenvalue weighted by atomic mass is 14.3. The molecule has 0 N–H and O–H groups in total. The quantitative estimate of drug-likeness (QED) is 0.703. The first kappa shape index (κ1) is 10.0. The molecule has 0 atom stereocenters. The Hall–Kier alpha value is -2.06. The molecular formula is C12H9N2. The van der Waals surface area contributed by atoms with Crippen molar-refractivity contribution < 1.29 is 0 Å². The van der Waals surface area contributed by atoms with Crippen LogP contribution in [0, 0.1) is 28.6 Å². The maximum Gasteiger partial charge on any atom is 0.101 e. The lowest BCUT2D eigenvalue weighted by Gasteiger charge is -2.08. The zero-order valence-electron chi connectivity index (χ0n) is 7.91.